The van der Waals surface area contributed by atoms with E-state index in [-0.39, 0.29) is 23.9 Å². The van der Waals surface area contributed by atoms with Gasteiger partial charge in [0, 0.05) is 18.8 Å². The highest BCUT2D eigenvalue weighted by molar-refractivity contribution is 5.69. The number of carbonyl (C=O) groups is 1. The van der Waals surface area contributed by atoms with E-state index in [4.69, 9.17) is 0 Å². The van der Waals surface area contributed by atoms with E-state index >= 15 is 0 Å². The molecule has 0 aromatic heterocycles. The molecule has 27 heavy (non-hydrogen) atoms. The number of esters is 1. The third-order valence-corrected chi connectivity index (χ3v) is 5.69. The van der Waals surface area contributed by atoms with Crippen LogP contribution in [0.4, 0.5) is 0 Å². The number of hydrogen-bond acceptors (Lipinski definition) is 4. The zero-order valence-electron chi connectivity index (χ0n) is 16.6. The first-order valence-corrected chi connectivity index (χ1v) is 9.84. The molecule has 0 aliphatic heterocycles. The van der Waals surface area contributed by atoms with Crippen molar-refractivity contribution < 1.29 is 19.7 Å². The van der Waals surface area contributed by atoms with Gasteiger partial charge in [-0.2, -0.15) is 0 Å². The molecule has 0 aromatic carbocycles. The van der Waals surface area contributed by atoms with Crippen LogP contribution in [0.25, 0.3) is 0 Å². The van der Waals surface area contributed by atoms with Crippen LogP contribution in [-0.2, 0) is 9.53 Å². The van der Waals surface area contributed by atoms with Crippen molar-refractivity contribution in [1.82, 2.24) is 0 Å². The summed E-state index contributed by atoms with van der Waals surface area (Å²) in [6, 6.07) is 0. The lowest BCUT2D eigenvalue weighted by Crippen LogP contribution is -2.19. The molecular formula is C23H32O4. The van der Waals surface area contributed by atoms with Crippen LogP contribution in [-0.4, -0.2) is 35.5 Å². The van der Waals surface area contributed by atoms with Crippen molar-refractivity contribution in [2.24, 2.45) is 23.7 Å². The summed E-state index contributed by atoms with van der Waals surface area (Å²) in [6.07, 6.45) is 12.8. The van der Waals surface area contributed by atoms with E-state index in [1.807, 2.05) is 25.2 Å². The standard InChI is InChI=1S/C23H32O4/c1-4-5-8-16(2)21(24)12-11-19-20-14-17(13-18(20)15-22(19)25)9-6-7-10-23(26)27-3/h6,9,11-13,16,18-22,24-25H,7-8,10,14-15H2,1-3H3/b9-6?,12-11-/t16?,18-,19-,20-,21+,22+/m0/s1. The number of ether oxygens (including phenoxy) is 1. The van der Waals surface area contributed by atoms with Crippen molar-refractivity contribution >= 4 is 5.97 Å². The summed E-state index contributed by atoms with van der Waals surface area (Å²) in [5, 5.41) is 20.7. The Hall–Kier alpha value is -1.83. The van der Waals surface area contributed by atoms with Crippen molar-refractivity contribution in [3.8, 4) is 11.8 Å². The van der Waals surface area contributed by atoms with Gasteiger partial charge < -0.3 is 14.9 Å². The van der Waals surface area contributed by atoms with E-state index in [1.54, 1.807) is 6.92 Å². The normalized spacial score (nSPS) is 29.3. The number of rotatable bonds is 8. The molecule has 0 heterocycles. The van der Waals surface area contributed by atoms with Crippen molar-refractivity contribution in [1.29, 1.82) is 0 Å². The molecule has 2 aliphatic carbocycles. The van der Waals surface area contributed by atoms with Gasteiger partial charge in [0.05, 0.1) is 19.3 Å². The fraction of sp³-hybridized carbons (Fsp3) is 0.609. The first-order valence-electron chi connectivity index (χ1n) is 9.84. The Morgan fingerprint density at radius 3 is 2.96 bits per heavy atom. The van der Waals surface area contributed by atoms with Gasteiger partial charge in [0.2, 0.25) is 0 Å². The van der Waals surface area contributed by atoms with Gasteiger partial charge in [-0.25, -0.2) is 0 Å². The molecule has 1 fully saturated rings. The lowest BCUT2D eigenvalue weighted by molar-refractivity contribution is -0.140. The second-order valence-electron chi connectivity index (χ2n) is 7.65. The zero-order chi connectivity index (χ0) is 19.8. The summed E-state index contributed by atoms with van der Waals surface area (Å²) < 4.78 is 4.64. The van der Waals surface area contributed by atoms with Gasteiger partial charge in [0.25, 0.3) is 0 Å². The maximum Gasteiger partial charge on any atom is 0.305 e. The van der Waals surface area contributed by atoms with Crippen LogP contribution in [0.3, 0.4) is 0 Å². The number of aliphatic hydroxyl groups is 2. The molecule has 0 radical (unpaired) electrons. The Labute approximate surface area is 163 Å². The van der Waals surface area contributed by atoms with E-state index in [1.165, 1.54) is 12.7 Å². The van der Waals surface area contributed by atoms with Crippen molar-refractivity contribution in [2.75, 3.05) is 7.11 Å². The summed E-state index contributed by atoms with van der Waals surface area (Å²) in [5.74, 6) is 6.60. The summed E-state index contributed by atoms with van der Waals surface area (Å²) in [4.78, 5) is 11.1. The first kappa shape index (κ1) is 21.5. The number of allylic oxidation sites excluding steroid dienone is 4. The minimum Gasteiger partial charge on any atom is -0.469 e. The highest BCUT2D eigenvalue weighted by atomic mass is 16.5. The summed E-state index contributed by atoms with van der Waals surface area (Å²) in [7, 11) is 1.40. The molecular weight excluding hydrogens is 340 g/mol. The lowest BCUT2D eigenvalue weighted by Gasteiger charge is -2.19. The number of fused-ring (bicyclic) bond motifs is 1. The highest BCUT2D eigenvalue weighted by Crippen LogP contribution is 2.47. The molecule has 6 atom stereocenters. The van der Waals surface area contributed by atoms with Gasteiger partial charge in [-0.05, 0) is 43.9 Å². The molecule has 0 spiro atoms. The molecule has 2 rings (SSSR count). The summed E-state index contributed by atoms with van der Waals surface area (Å²) in [6.45, 7) is 3.79. The average Bonchev–Trinajstić information content (AvgIpc) is 3.17. The lowest BCUT2D eigenvalue weighted by atomic mass is 9.88. The van der Waals surface area contributed by atoms with Crippen LogP contribution in [0.15, 0.2) is 36.0 Å². The third-order valence-electron chi connectivity index (χ3n) is 5.69. The van der Waals surface area contributed by atoms with Gasteiger partial charge in [-0.15, -0.1) is 11.8 Å². The first-order chi connectivity index (χ1) is 13.0. The van der Waals surface area contributed by atoms with Crippen molar-refractivity contribution in [3.63, 3.8) is 0 Å². The van der Waals surface area contributed by atoms with Gasteiger partial charge in [-0.3, -0.25) is 4.79 Å². The maximum absolute atomic E-state index is 11.1. The average molecular weight is 373 g/mol. The predicted molar refractivity (Wildman–Crippen MR) is 107 cm³/mol. The van der Waals surface area contributed by atoms with Crippen LogP contribution in [0, 0.1) is 35.5 Å². The van der Waals surface area contributed by atoms with Crippen LogP contribution in [0.2, 0.25) is 0 Å². The molecule has 0 saturated heterocycles. The number of aliphatic hydroxyl groups excluding tert-OH is 2. The van der Waals surface area contributed by atoms with E-state index in [2.05, 4.69) is 28.7 Å². The van der Waals surface area contributed by atoms with Crippen molar-refractivity contribution in [3.05, 3.63) is 36.0 Å². The van der Waals surface area contributed by atoms with E-state index in [0.29, 0.717) is 31.1 Å². The summed E-state index contributed by atoms with van der Waals surface area (Å²) in [5.41, 5.74) is 1.27. The molecule has 0 bridgehead atoms. The van der Waals surface area contributed by atoms with Crippen molar-refractivity contribution in [2.45, 2.75) is 58.2 Å². The second-order valence-corrected chi connectivity index (χ2v) is 7.65. The third kappa shape index (κ3) is 6.09. The largest absolute Gasteiger partial charge is 0.469 e. The number of hydrogen-bond donors (Lipinski definition) is 2. The summed E-state index contributed by atoms with van der Waals surface area (Å²) >= 11 is 0. The smallest absolute Gasteiger partial charge is 0.305 e. The SMILES string of the molecule is CC#CCC(C)[C@H](O)/C=C\[C@H]1[C@H]2CC(C=CCCC(=O)OC)=C[C@H]2C[C@H]1O. The van der Waals surface area contributed by atoms with Gasteiger partial charge in [0.1, 0.15) is 0 Å². The maximum atomic E-state index is 11.1. The molecule has 2 aliphatic rings. The molecule has 1 unspecified atom stereocenters. The Bertz CT molecular complexity index is 649. The minimum absolute atomic E-state index is 0.0753. The highest BCUT2D eigenvalue weighted by Gasteiger charge is 2.43. The quantitative estimate of drug-likeness (QED) is 0.389. The Kier molecular flexibility index (Phi) is 8.34. The van der Waals surface area contributed by atoms with Gasteiger partial charge in [0.15, 0.2) is 0 Å². The second kappa shape index (κ2) is 10.5. The van der Waals surface area contributed by atoms with Crippen LogP contribution < -0.4 is 0 Å². The molecule has 0 aromatic rings. The van der Waals surface area contributed by atoms with E-state index in [9.17, 15) is 15.0 Å². The van der Waals surface area contributed by atoms with Crippen LogP contribution >= 0.6 is 0 Å². The Morgan fingerprint density at radius 2 is 2.26 bits per heavy atom. The number of methoxy groups -OCH3 is 1. The molecule has 148 valence electrons. The van der Waals surface area contributed by atoms with E-state index in [0.717, 1.165) is 12.8 Å². The fourth-order valence-electron chi connectivity index (χ4n) is 4.02. The van der Waals surface area contributed by atoms with Gasteiger partial charge in [-0.1, -0.05) is 42.9 Å². The molecule has 0 amide bonds. The molecule has 2 N–H and O–H groups in total. The fourth-order valence-corrected chi connectivity index (χ4v) is 4.02. The van der Waals surface area contributed by atoms with Gasteiger partial charge >= 0.3 is 5.97 Å². The molecule has 1 saturated carbocycles. The topological polar surface area (TPSA) is 66.8 Å². The Balaban J connectivity index is 1.89. The Morgan fingerprint density at radius 1 is 1.48 bits per heavy atom. The van der Waals surface area contributed by atoms with Crippen LogP contribution in [0.1, 0.15) is 46.0 Å². The predicted octanol–water partition coefficient (Wildman–Crippen LogP) is 3.41. The monoisotopic (exact) mass is 372 g/mol. The molecule has 4 nitrogen and oxygen atoms in total. The van der Waals surface area contributed by atoms with E-state index < -0.39 is 6.10 Å². The molecule has 4 heteroatoms. The van der Waals surface area contributed by atoms with Crippen LogP contribution in [0.5, 0.6) is 0 Å². The zero-order valence-corrected chi connectivity index (χ0v) is 16.6. The number of carbonyl (C=O) groups excluding carboxylic acids is 1. The minimum atomic E-state index is -0.538.